The van der Waals surface area contributed by atoms with Crippen molar-refractivity contribution in [3.63, 3.8) is 0 Å². The lowest BCUT2D eigenvalue weighted by molar-refractivity contribution is 0.0755. The van der Waals surface area contributed by atoms with Gasteiger partial charge in [0, 0.05) is 25.2 Å². The predicted octanol–water partition coefficient (Wildman–Crippen LogP) is 4.64. The number of carbonyl (C=O) groups excluding carboxylic acids is 1. The minimum atomic E-state index is -0.578. The third-order valence-corrected chi connectivity index (χ3v) is 5.88. The van der Waals surface area contributed by atoms with E-state index in [1.165, 1.54) is 29.8 Å². The molecule has 0 spiro atoms. The summed E-state index contributed by atoms with van der Waals surface area (Å²) in [6.07, 6.45) is 2.54. The van der Waals surface area contributed by atoms with E-state index in [0.717, 1.165) is 42.7 Å². The lowest BCUT2D eigenvalue weighted by atomic mass is 9.99. The number of ether oxygens (including phenoxy) is 1. The summed E-state index contributed by atoms with van der Waals surface area (Å²) >= 11 is 0. The molecule has 0 radical (unpaired) electrons. The van der Waals surface area contributed by atoms with Crippen LogP contribution in [-0.2, 0) is 6.54 Å². The highest BCUT2D eigenvalue weighted by atomic mass is 19.1. The summed E-state index contributed by atoms with van der Waals surface area (Å²) in [4.78, 5) is 14.8. The third kappa shape index (κ3) is 4.22. The van der Waals surface area contributed by atoms with Crippen molar-refractivity contribution in [2.75, 3.05) is 13.1 Å². The van der Waals surface area contributed by atoms with Crippen molar-refractivity contribution >= 4 is 11.5 Å². The van der Waals surface area contributed by atoms with Crippen LogP contribution < -0.4 is 10.1 Å². The van der Waals surface area contributed by atoms with Crippen molar-refractivity contribution in [3.8, 4) is 11.5 Å². The number of phenolic OH excluding ortho intramolecular Hbond substituents is 1. The van der Waals surface area contributed by atoms with Gasteiger partial charge in [-0.25, -0.2) is 4.39 Å². The number of nitrogens with zero attached hydrogens (tertiary/aromatic N) is 1. The van der Waals surface area contributed by atoms with Gasteiger partial charge in [-0.15, -0.1) is 0 Å². The lowest BCUT2D eigenvalue weighted by Crippen LogP contribution is -2.36. The number of phenols is 1. The third-order valence-electron chi connectivity index (χ3n) is 5.88. The van der Waals surface area contributed by atoms with E-state index in [2.05, 4.69) is 28.4 Å². The van der Waals surface area contributed by atoms with E-state index in [-0.39, 0.29) is 17.5 Å². The monoisotopic (exact) mass is 430 g/mol. The fraction of sp³-hybridized carbons (Fsp3) is 0.192. The number of hydrogen-bond acceptors (Lipinski definition) is 4. The molecule has 32 heavy (non-hydrogen) atoms. The highest BCUT2D eigenvalue weighted by molar-refractivity contribution is 5.98. The van der Waals surface area contributed by atoms with Crippen molar-refractivity contribution < 1.29 is 19.0 Å². The van der Waals surface area contributed by atoms with Crippen LogP contribution >= 0.6 is 0 Å². The first-order valence-electron chi connectivity index (χ1n) is 10.6. The molecule has 0 aliphatic carbocycles. The molecule has 5 nitrogen and oxygen atoms in total. The summed E-state index contributed by atoms with van der Waals surface area (Å²) < 4.78 is 19.1. The van der Waals surface area contributed by atoms with Gasteiger partial charge in [-0.05, 0) is 59.5 Å². The topological polar surface area (TPSA) is 61.8 Å². The number of hydrogen-bond donors (Lipinski definition) is 2. The van der Waals surface area contributed by atoms with Crippen LogP contribution in [0.5, 0.6) is 11.5 Å². The number of fused-ring (bicyclic) bond motifs is 1. The summed E-state index contributed by atoms with van der Waals surface area (Å²) in [6.45, 7) is 2.53. The number of amides is 1. The fourth-order valence-electron chi connectivity index (χ4n) is 4.20. The van der Waals surface area contributed by atoms with Crippen LogP contribution in [0.4, 0.5) is 4.39 Å². The first kappa shape index (κ1) is 20.3. The van der Waals surface area contributed by atoms with Crippen LogP contribution in [0.3, 0.4) is 0 Å². The highest BCUT2D eigenvalue weighted by Crippen LogP contribution is 2.32. The number of nitrogens with one attached hydrogen (secondary N) is 1. The maximum atomic E-state index is 13.2. The fourth-order valence-corrected chi connectivity index (χ4v) is 4.20. The largest absolute Gasteiger partial charge is 0.508 e. The van der Waals surface area contributed by atoms with Gasteiger partial charge in [-0.1, -0.05) is 36.4 Å². The van der Waals surface area contributed by atoms with Crippen molar-refractivity contribution in [2.45, 2.75) is 19.2 Å². The average molecular weight is 430 g/mol. The molecule has 0 saturated heterocycles. The van der Waals surface area contributed by atoms with Crippen LogP contribution in [-0.4, -0.2) is 29.0 Å². The Morgan fingerprint density at radius 1 is 1.09 bits per heavy atom. The Morgan fingerprint density at radius 3 is 2.72 bits per heavy atom. The molecule has 2 heterocycles. The zero-order chi connectivity index (χ0) is 22.1. The van der Waals surface area contributed by atoms with Gasteiger partial charge < -0.3 is 15.2 Å². The summed E-state index contributed by atoms with van der Waals surface area (Å²) in [6, 6.07) is 19.2. The molecule has 3 aromatic rings. The smallest absolute Gasteiger partial charge is 0.258 e. The average Bonchev–Trinajstić information content (AvgIpc) is 2.81. The lowest BCUT2D eigenvalue weighted by Gasteiger charge is -2.28. The quantitative estimate of drug-likeness (QED) is 0.633. The molecule has 3 aromatic carbocycles. The summed E-state index contributed by atoms with van der Waals surface area (Å²) in [5.74, 6) is -0.00367. The van der Waals surface area contributed by atoms with E-state index in [1.54, 1.807) is 6.07 Å². The molecule has 5 rings (SSSR count). The second kappa shape index (κ2) is 8.48. The Morgan fingerprint density at radius 2 is 1.94 bits per heavy atom. The van der Waals surface area contributed by atoms with E-state index in [9.17, 15) is 14.3 Å². The van der Waals surface area contributed by atoms with Crippen LogP contribution in [0.2, 0.25) is 0 Å². The van der Waals surface area contributed by atoms with Crippen LogP contribution in [0.25, 0.3) is 5.57 Å². The van der Waals surface area contributed by atoms with E-state index in [1.807, 2.05) is 24.3 Å². The van der Waals surface area contributed by atoms with Crippen LogP contribution in [0.15, 0.2) is 72.8 Å². The van der Waals surface area contributed by atoms with Gasteiger partial charge in [0.05, 0.1) is 5.56 Å². The molecular formula is C26H23FN2O3. The van der Waals surface area contributed by atoms with E-state index in [0.29, 0.717) is 11.3 Å². The molecule has 162 valence electrons. The molecule has 2 aliphatic rings. The molecule has 1 unspecified atom stereocenters. The van der Waals surface area contributed by atoms with Gasteiger partial charge >= 0.3 is 0 Å². The van der Waals surface area contributed by atoms with Gasteiger partial charge in [0.1, 0.15) is 17.3 Å². The summed E-state index contributed by atoms with van der Waals surface area (Å²) in [5, 5.41) is 12.5. The Labute approximate surface area is 185 Å². The minimum absolute atomic E-state index is 0.0288. The highest BCUT2D eigenvalue weighted by Gasteiger charge is 2.27. The predicted molar refractivity (Wildman–Crippen MR) is 120 cm³/mol. The van der Waals surface area contributed by atoms with Gasteiger partial charge in [0.2, 0.25) is 0 Å². The second-order valence-corrected chi connectivity index (χ2v) is 8.12. The van der Waals surface area contributed by atoms with Crippen LogP contribution in [0, 0.1) is 5.82 Å². The molecular weight excluding hydrogens is 407 g/mol. The Kier molecular flexibility index (Phi) is 5.37. The number of halogens is 1. The van der Waals surface area contributed by atoms with Gasteiger partial charge in [0.25, 0.3) is 5.91 Å². The standard InChI is InChI=1S/C26H23FN2O3/c27-21-6-4-18(5-7-21)19-10-12-29(13-11-19)16-17-2-1-3-20(14-17)26-28-25(31)23-15-22(30)8-9-24(23)32-26/h1-10,14-15,26,30H,11-13,16H2,(H,28,31). The first-order chi connectivity index (χ1) is 15.5. The normalized spacial score (nSPS) is 18.3. The molecule has 1 atom stereocenters. The first-order valence-corrected chi connectivity index (χ1v) is 10.6. The zero-order valence-electron chi connectivity index (χ0n) is 17.4. The van der Waals surface area contributed by atoms with E-state index in [4.69, 9.17) is 4.74 Å². The minimum Gasteiger partial charge on any atom is -0.508 e. The number of aromatic hydroxyl groups is 1. The molecule has 0 saturated carbocycles. The Hall–Kier alpha value is -3.64. The SMILES string of the molecule is O=C1NC(c2cccc(CN3CC=C(c4ccc(F)cc4)CC3)c2)Oc2ccc(O)cc21. The summed E-state index contributed by atoms with van der Waals surface area (Å²) in [7, 11) is 0. The molecule has 2 aliphatic heterocycles. The van der Waals surface area contributed by atoms with Crippen molar-refractivity contribution in [1.82, 2.24) is 10.2 Å². The molecule has 0 bridgehead atoms. The maximum Gasteiger partial charge on any atom is 0.258 e. The number of carbonyl (C=O) groups is 1. The van der Waals surface area contributed by atoms with Gasteiger partial charge in [-0.3, -0.25) is 9.69 Å². The maximum absolute atomic E-state index is 13.2. The van der Waals surface area contributed by atoms with Gasteiger partial charge in [-0.2, -0.15) is 0 Å². The summed E-state index contributed by atoms with van der Waals surface area (Å²) in [5.41, 5.74) is 4.66. The van der Waals surface area contributed by atoms with E-state index < -0.39 is 6.23 Å². The Balaban J connectivity index is 1.27. The molecule has 2 N–H and O–H groups in total. The van der Waals surface area contributed by atoms with Crippen LogP contribution in [0.1, 0.15) is 39.7 Å². The van der Waals surface area contributed by atoms with E-state index >= 15 is 0 Å². The van der Waals surface area contributed by atoms with Crippen molar-refractivity contribution in [2.24, 2.45) is 0 Å². The van der Waals surface area contributed by atoms with Gasteiger partial charge in [0.15, 0.2) is 6.23 Å². The second-order valence-electron chi connectivity index (χ2n) is 8.12. The number of rotatable bonds is 4. The molecule has 0 fully saturated rings. The number of benzene rings is 3. The molecule has 0 aromatic heterocycles. The Bertz CT molecular complexity index is 1190. The van der Waals surface area contributed by atoms with Crippen molar-refractivity contribution in [3.05, 3.63) is 101 Å². The van der Waals surface area contributed by atoms with Crippen molar-refractivity contribution in [1.29, 1.82) is 0 Å². The zero-order valence-corrected chi connectivity index (χ0v) is 17.4. The molecule has 6 heteroatoms. The molecule has 1 amide bonds.